The van der Waals surface area contributed by atoms with Crippen molar-refractivity contribution >= 4 is 11.7 Å². The molecule has 1 amide bonds. The number of benzene rings is 1. The van der Waals surface area contributed by atoms with Gasteiger partial charge in [-0.2, -0.15) is 0 Å². The van der Waals surface area contributed by atoms with E-state index in [4.69, 9.17) is 4.74 Å². The number of hydrogen-bond acceptors (Lipinski definition) is 4. The molecule has 0 saturated heterocycles. The molecule has 0 unspecified atom stereocenters. The summed E-state index contributed by atoms with van der Waals surface area (Å²) in [5.74, 6) is -2.67. The largest absolute Gasteiger partial charge is 0.491 e. The number of Topliss-reactive ketones (excluding diaryl/α,β-unsaturated/α-hetero) is 1. The number of nitrogens with one attached hydrogen (secondary N) is 1. The number of hydrogen-bond donors (Lipinski definition) is 1. The number of halogens is 2. The van der Waals surface area contributed by atoms with Crippen molar-refractivity contribution in [2.45, 2.75) is 33.4 Å². The lowest BCUT2D eigenvalue weighted by molar-refractivity contribution is 0.0769. The van der Waals surface area contributed by atoms with E-state index >= 15 is 0 Å². The van der Waals surface area contributed by atoms with Crippen LogP contribution in [0, 0.1) is 17.0 Å². The summed E-state index contributed by atoms with van der Waals surface area (Å²) >= 11 is 0. The summed E-state index contributed by atoms with van der Waals surface area (Å²) < 4.78 is 33.4. The standard InChI is InChI=1S/C20H20F2N2O4/c1-20(2)6-7-24-10-13(16(25)17(28-3)15(24)18(20)26)19(27)23-9-11-4-5-12(21)8-14(11)22/h4-5,8,10H,6-7,9H2,1-3H3,(H,23,27). The van der Waals surface area contributed by atoms with Gasteiger partial charge in [-0.05, 0) is 12.5 Å². The second-order valence-electron chi connectivity index (χ2n) is 7.33. The lowest BCUT2D eigenvalue weighted by Crippen LogP contribution is -2.38. The average molecular weight is 390 g/mol. The van der Waals surface area contributed by atoms with Gasteiger partial charge in [-0.25, -0.2) is 8.78 Å². The summed E-state index contributed by atoms with van der Waals surface area (Å²) in [5, 5.41) is 2.45. The molecule has 28 heavy (non-hydrogen) atoms. The molecule has 0 fully saturated rings. The maximum absolute atomic E-state index is 13.7. The highest BCUT2D eigenvalue weighted by Gasteiger charge is 2.38. The molecule has 0 spiro atoms. The lowest BCUT2D eigenvalue weighted by atomic mass is 9.80. The Labute approximate surface area is 160 Å². The van der Waals surface area contributed by atoms with Crippen molar-refractivity contribution in [2.75, 3.05) is 7.11 Å². The molecule has 0 saturated carbocycles. The van der Waals surface area contributed by atoms with Gasteiger partial charge in [0, 0.05) is 36.3 Å². The van der Waals surface area contributed by atoms with E-state index in [1.54, 1.807) is 18.4 Å². The molecule has 0 bridgehead atoms. The summed E-state index contributed by atoms with van der Waals surface area (Å²) in [6.07, 6.45) is 1.87. The number of ether oxygens (including phenoxy) is 1. The van der Waals surface area contributed by atoms with Gasteiger partial charge >= 0.3 is 0 Å². The van der Waals surface area contributed by atoms with Crippen LogP contribution in [0.2, 0.25) is 0 Å². The fraction of sp³-hybridized carbons (Fsp3) is 0.350. The van der Waals surface area contributed by atoms with Gasteiger partial charge in [0.25, 0.3) is 5.91 Å². The Hall–Kier alpha value is -3.03. The van der Waals surface area contributed by atoms with Crippen LogP contribution in [0.15, 0.2) is 29.2 Å². The van der Waals surface area contributed by atoms with Crippen molar-refractivity contribution in [1.29, 1.82) is 0 Å². The van der Waals surface area contributed by atoms with E-state index in [0.29, 0.717) is 19.0 Å². The van der Waals surface area contributed by atoms with Crippen LogP contribution >= 0.6 is 0 Å². The molecule has 1 aromatic heterocycles. The van der Waals surface area contributed by atoms with Crippen molar-refractivity contribution in [3.05, 3.63) is 63.1 Å². The van der Waals surface area contributed by atoms with Gasteiger partial charge in [0.2, 0.25) is 5.43 Å². The van der Waals surface area contributed by atoms with Gasteiger partial charge in [-0.1, -0.05) is 19.9 Å². The normalized spacial score (nSPS) is 15.1. The van der Waals surface area contributed by atoms with Gasteiger partial charge in [0.15, 0.2) is 11.5 Å². The van der Waals surface area contributed by atoms with Crippen LogP contribution in [0.25, 0.3) is 0 Å². The Balaban J connectivity index is 1.93. The Kier molecular flexibility index (Phi) is 5.06. The second-order valence-corrected chi connectivity index (χ2v) is 7.33. The summed E-state index contributed by atoms with van der Waals surface area (Å²) in [5.41, 5.74) is -1.34. The minimum Gasteiger partial charge on any atom is -0.491 e. The Morgan fingerprint density at radius 1 is 1.29 bits per heavy atom. The quantitative estimate of drug-likeness (QED) is 0.871. The highest BCUT2D eigenvalue weighted by Crippen LogP contribution is 2.34. The monoisotopic (exact) mass is 390 g/mol. The summed E-state index contributed by atoms with van der Waals surface area (Å²) in [4.78, 5) is 38.0. The molecule has 8 heteroatoms. The first kappa shape index (κ1) is 19.7. The fourth-order valence-electron chi connectivity index (χ4n) is 3.17. The van der Waals surface area contributed by atoms with Gasteiger partial charge < -0.3 is 14.6 Å². The van der Waals surface area contributed by atoms with Crippen LogP contribution in [-0.4, -0.2) is 23.4 Å². The van der Waals surface area contributed by atoms with Crippen molar-refractivity contribution in [3.63, 3.8) is 0 Å². The van der Waals surface area contributed by atoms with Crippen LogP contribution in [0.4, 0.5) is 8.78 Å². The van der Waals surface area contributed by atoms with Crippen molar-refractivity contribution in [2.24, 2.45) is 5.41 Å². The van der Waals surface area contributed by atoms with Crippen molar-refractivity contribution in [1.82, 2.24) is 9.88 Å². The number of aromatic nitrogens is 1. The first-order chi connectivity index (χ1) is 13.2. The maximum Gasteiger partial charge on any atom is 0.257 e. The summed E-state index contributed by atoms with van der Waals surface area (Å²) in [6, 6.07) is 3.01. The third-order valence-electron chi connectivity index (χ3n) is 4.95. The molecule has 148 valence electrons. The zero-order valence-corrected chi connectivity index (χ0v) is 15.8. The summed E-state index contributed by atoms with van der Waals surface area (Å²) in [7, 11) is 1.27. The molecular formula is C20H20F2N2O4. The summed E-state index contributed by atoms with van der Waals surface area (Å²) in [6.45, 7) is 3.80. The highest BCUT2D eigenvalue weighted by molar-refractivity contribution is 6.03. The lowest BCUT2D eigenvalue weighted by Gasteiger charge is -2.32. The molecule has 1 aliphatic rings. The van der Waals surface area contributed by atoms with E-state index in [9.17, 15) is 23.2 Å². The Bertz CT molecular complexity index is 1030. The Morgan fingerprint density at radius 3 is 2.64 bits per heavy atom. The van der Waals surface area contributed by atoms with Crippen LogP contribution in [0.1, 0.15) is 46.7 Å². The topological polar surface area (TPSA) is 77.4 Å². The number of pyridine rings is 1. The predicted octanol–water partition coefficient (Wildman–Crippen LogP) is 2.68. The van der Waals surface area contributed by atoms with E-state index in [-0.39, 0.29) is 34.9 Å². The molecule has 2 aromatic rings. The number of amides is 1. The first-order valence-corrected chi connectivity index (χ1v) is 8.74. The number of rotatable bonds is 4. The molecule has 0 atom stereocenters. The SMILES string of the molecule is COc1c2n(cc(C(=O)NCc3ccc(F)cc3F)c1=O)CCC(C)(C)C2=O. The number of ketones is 1. The third kappa shape index (κ3) is 3.42. The van der Waals surface area contributed by atoms with Gasteiger partial charge in [0.1, 0.15) is 22.9 Å². The van der Waals surface area contributed by atoms with Crippen LogP contribution in [-0.2, 0) is 13.1 Å². The molecule has 1 N–H and O–H groups in total. The number of carbonyl (C=O) groups excluding carboxylic acids is 2. The minimum absolute atomic E-state index is 0.0803. The Morgan fingerprint density at radius 2 is 2.00 bits per heavy atom. The number of carbonyl (C=O) groups is 2. The third-order valence-corrected chi connectivity index (χ3v) is 4.95. The number of methoxy groups -OCH3 is 1. The van der Waals surface area contributed by atoms with E-state index in [1.165, 1.54) is 19.4 Å². The molecule has 0 radical (unpaired) electrons. The zero-order chi connectivity index (χ0) is 20.6. The molecule has 2 heterocycles. The number of nitrogens with zero attached hydrogens (tertiary/aromatic N) is 1. The predicted molar refractivity (Wildman–Crippen MR) is 97.5 cm³/mol. The average Bonchev–Trinajstić information content (AvgIpc) is 2.64. The van der Waals surface area contributed by atoms with Crippen LogP contribution in [0.5, 0.6) is 5.75 Å². The molecule has 6 nitrogen and oxygen atoms in total. The van der Waals surface area contributed by atoms with Crippen molar-refractivity contribution < 1.29 is 23.1 Å². The molecule has 1 aromatic carbocycles. The van der Waals surface area contributed by atoms with Gasteiger partial charge in [0.05, 0.1) is 7.11 Å². The minimum atomic E-state index is -0.798. The highest BCUT2D eigenvalue weighted by atomic mass is 19.1. The zero-order valence-electron chi connectivity index (χ0n) is 15.8. The molecule has 0 aliphatic carbocycles. The van der Waals surface area contributed by atoms with Crippen LogP contribution < -0.4 is 15.5 Å². The van der Waals surface area contributed by atoms with Gasteiger partial charge in [-0.15, -0.1) is 0 Å². The second kappa shape index (κ2) is 7.18. The van der Waals surface area contributed by atoms with Gasteiger partial charge in [-0.3, -0.25) is 14.4 Å². The molecule has 1 aliphatic heterocycles. The fourth-order valence-corrected chi connectivity index (χ4v) is 3.17. The number of aryl methyl sites for hydroxylation is 1. The van der Waals surface area contributed by atoms with E-state index in [0.717, 1.165) is 6.07 Å². The first-order valence-electron chi connectivity index (χ1n) is 8.74. The number of fused-ring (bicyclic) bond motifs is 1. The molecule has 3 rings (SSSR count). The van der Waals surface area contributed by atoms with E-state index in [1.807, 2.05) is 0 Å². The van der Waals surface area contributed by atoms with E-state index in [2.05, 4.69) is 5.32 Å². The van der Waals surface area contributed by atoms with E-state index < -0.39 is 28.4 Å². The smallest absolute Gasteiger partial charge is 0.257 e. The molecular weight excluding hydrogens is 370 g/mol. The van der Waals surface area contributed by atoms with Crippen LogP contribution in [0.3, 0.4) is 0 Å². The maximum atomic E-state index is 13.7. The van der Waals surface area contributed by atoms with Crippen molar-refractivity contribution in [3.8, 4) is 5.75 Å².